The molecule has 0 saturated carbocycles. The normalized spacial score (nSPS) is 9.69. The van der Waals surface area contributed by atoms with Crippen molar-refractivity contribution in [3.8, 4) is 0 Å². The third kappa shape index (κ3) is 3.66. The third-order valence-corrected chi connectivity index (χ3v) is 1.89. The minimum absolute atomic E-state index is 0.117. The van der Waals surface area contributed by atoms with Crippen molar-refractivity contribution in [2.45, 2.75) is 6.61 Å². The summed E-state index contributed by atoms with van der Waals surface area (Å²) in [6, 6.07) is 7.07. The van der Waals surface area contributed by atoms with Gasteiger partial charge in [-0.3, -0.25) is 4.79 Å². The number of benzene rings is 1. The molecule has 0 fully saturated rings. The van der Waals surface area contributed by atoms with Crippen molar-refractivity contribution in [2.75, 3.05) is 5.88 Å². The molecule has 0 N–H and O–H groups in total. The maximum atomic E-state index is 10.7. The van der Waals surface area contributed by atoms with Crippen LogP contribution >= 0.6 is 23.2 Å². The standard InChI is InChI=1S/C9H8Cl2O2/c10-5-9(12)13-6-7-1-3-8(11)4-2-7/h1-4H,5-6H2. The summed E-state index contributed by atoms with van der Waals surface area (Å²) in [5.74, 6) is -0.537. The molecule has 0 unspecified atom stereocenters. The first-order valence-corrected chi connectivity index (χ1v) is 4.59. The minimum atomic E-state index is -0.420. The van der Waals surface area contributed by atoms with Gasteiger partial charge in [0, 0.05) is 5.02 Å². The van der Waals surface area contributed by atoms with Crippen molar-refractivity contribution in [3.63, 3.8) is 0 Å². The SMILES string of the molecule is O=C(CCl)OCc1ccc(Cl)cc1. The summed E-state index contributed by atoms with van der Waals surface area (Å²) in [4.78, 5) is 10.7. The molecule has 0 amide bonds. The highest BCUT2D eigenvalue weighted by Crippen LogP contribution is 2.10. The zero-order valence-electron chi connectivity index (χ0n) is 6.80. The topological polar surface area (TPSA) is 26.3 Å². The van der Waals surface area contributed by atoms with Crippen LogP contribution in [0.5, 0.6) is 0 Å². The van der Waals surface area contributed by atoms with E-state index in [0.717, 1.165) is 5.56 Å². The molecule has 0 saturated heterocycles. The van der Waals surface area contributed by atoms with Crippen molar-refractivity contribution in [1.82, 2.24) is 0 Å². The van der Waals surface area contributed by atoms with Crippen molar-refractivity contribution < 1.29 is 9.53 Å². The fourth-order valence-corrected chi connectivity index (χ4v) is 0.986. The van der Waals surface area contributed by atoms with Crippen LogP contribution in [0.15, 0.2) is 24.3 Å². The molecule has 0 bridgehead atoms. The number of carbonyl (C=O) groups excluding carboxylic acids is 1. The van der Waals surface area contributed by atoms with Crippen LogP contribution in [0.4, 0.5) is 0 Å². The Kier molecular flexibility index (Phi) is 4.06. The Labute approximate surface area is 86.4 Å². The summed E-state index contributed by atoms with van der Waals surface area (Å²) >= 11 is 10.9. The van der Waals surface area contributed by atoms with Crippen LogP contribution in [-0.4, -0.2) is 11.8 Å². The molecule has 0 spiro atoms. The van der Waals surface area contributed by atoms with Crippen LogP contribution in [0.2, 0.25) is 5.02 Å². The van der Waals surface area contributed by atoms with Crippen molar-refractivity contribution >= 4 is 29.2 Å². The van der Waals surface area contributed by atoms with E-state index in [-0.39, 0.29) is 12.5 Å². The number of hydrogen-bond donors (Lipinski definition) is 0. The zero-order valence-corrected chi connectivity index (χ0v) is 8.31. The average molecular weight is 219 g/mol. The molecular formula is C9H8Cl2O2. The van der Waals surface area contributed by atoms with Crippen LogP contribution in [0, 0.1) is 0 Å². The van der Waals surface area contributed by atoms with Crippen LogP contribution in [0.1, 0.15) is 5.56 Å². The molecule has 2 nitrogen and oxygen atoms in total. The first-order chi connectivity index (χ1) is 6.22. The number of hydrogen-bond acceptors (Lipinski definition) is 2. The molecule has 70 valence electrons. The van der Waals surface area contributed by atoms with Crippen LogP contribution < -0.4 is 0 Å². The first-order valence-electron chi connectivity index (χ1n) is 3.68. The van der Waals surface area contributed by atoms with Gasteiger partial charge in [-0.05, 0) is 17.7 Å². The second kappa shape index (κ2) is 5.10. The predicted octanol–water partition coefficient (Wildman–Crippen LogP) is 2.62. The Balaban J connectivity index is 2.46. The summed E-state index contributed by atoms with van der Waals surface area (Å²) in [6.45, 7) is 0.239. The Morgan fingerprint density at radius 2 is 1.92 bits per heavy atom. The first kappa shape index (κ1) is 10.4. The zero-order chi connectivity index (χ0) is 9.68. The number of alkyl halides is 1. The van der Waals surface area contributed by atoms with Gasteiger partial charge in [-0.15, -0.1) is 11.6 Å². The van der Waals surface area contributed by atoms with E-state index in [0.29, 0.717) is 5.02 Å². The van der Waals surface area contributed by atoms with Gasteiger partial charge in [0.05, 0.1) is 0 Å². The van der Waals surface area contributed by atoms with Gasteiger partial charge in [0.1, 0.15) is 12.5 Å². The molecule has 0 atom stereocenters. The highest BCUT2D eigenvalue weighted by molar-refractivity contribution is 6.30. The second-order valence-electron chi connectivity index (χ2n) is 2.42. The monoisotopic (exact) mass is 218 g/mol. The number of carbonyl (C=O) groups is 1. The molecule has 0 heterocycles. The fraction of sp³-hybridized carbons (Fsp3) is 0.222. The molecule has 1 aromatic carbocycles. The van der Waals surface area contributed by atoms with Crippen molar-refractivity contribution in [3.05, 3.63) is 34.9 Å². The lowest BCUT2D eigenvalue weighted by Gasteiger charge is -2.02. The van der Waals surface area contributed by atoms with E-state index in [1.54, 1.807) is 24.3 Å². The predicted molar refractivity (Wildman–Crippen MR) is 52.0 cm³/mol. The smallest absolute Gasteiger partial charge is 0.321 e. The average Bonchev–Trinajstić information content (AvgIpc) is 2.16. The molecular weight excluding hydrogens is 211 g/mol. The van der Waals surface area contributed by atoms with Gasteiger partial charge in [0.15, 0.2) is 0 Å². The largest absolute Gasteiger partial charge is 0.460 e. The third-order valence-electron chi connectivity index (χ3n) is 1.42. The molecule has 0 aliphatic heterocycles. The number of ether oxygens (including phenoxy) is 1. The van der Waals surface area contributed by atoms with Gasteiger partial charge < -0.3 is 4.74 Å². The lowest BCUT2D eigenvalue weighted by Crippen LogP contribution is -2.05. The second-order valence-corrected chi connectivity index (χ2v) is 3.12. The van der Waals surface area contributed by atoms with E-state index >= 15 is 0 Å². The molecule has 4 heteroatoms. The molecule has 13 heavy (non-hydrogen) atoms. The van der Waals surface area contributed by atoms with E-state index in [9.17, 15) is 4.79 Å². The Hall–Kier alpha value is -0.730. The van der Waals surface area contributed by atoms with Crippen LogP contribution in [-0.2, 0) is 16.1 Å². The lowest BCUT2D eigenvalue weighted by atomic mass is 10.2. The number of rotatable bonds is 3. The van der Waals surface area contributed by atoms with Gasteiger partial charge in [0.2, 0.25) is 0 Å². The highest BCUT2D eigenvalue weighted by Gasteiger charge is 1.99. The fourth-order valence-electron chi connectivity index (χ4n) is 0.783. The minimum Gasteiger partial charge on any atom is -0.460 e. The Bertz CT molecular complexity index is 282. The summed E-state index contributed by atoms with van der Waals surface area (Å²) in [6.07, 6.45) is 0. The number of esters is 1. The lowest BCUT2D eigenvalue weighted by molar-refractivity contribution is -0.141. The van der Waals surface area contributed by atoms with E-state index in [4.69, 9.17) is 27.9 Å². The van der Waals surface area contributed by atoms with Gasteiger partial charge in [0.25, 0.3) is 0 Å². The quantitative estimate of drug-likeness (QED) is 0.576. The molecule has 1 aromatic rings. The van der Waals surface area contributed by atoms with Crippen molar-refractivity contribution in [2.24, 2.45) is 0 Å². The van der Waals surface area contributed by atoms with Gasteiger partial charge >= 0.3 is 5.97 Å². The maximum absolute atomic E-state index is 10.7. The summed E-state index contributed by atoms with van der Waals surface area (Å²) in [7, 11) is 0. The maximum Gasteiger partial charge on any atom is 0.321 e. The van der Waals surface area contributed by atoms with E-state index < -0.39 is 5.97 Å². The summed E-state index contributed by atoms with van der Waals surface area (Å²) in [5, 5.41) is 0.660. The molecule has 0 aliphatic carbocycles. The van der Waals surface area contributed by atoms with Gasteiger partial charge in [-0.2, -0.15) is 0 Å². The van der Waals surface area contributed by atoms with Gasteiger partial charge in [-0.1, -0.05) is 23.7 Å². The van der Waals surface area contributed by atoms with E-state index in [1.807, 2.05) is 0 Å². The van der Waals surface area contributed by atoms with E-state index in [2.05, 4.69) is 0 Å². The molecule has 0 aromatic heterocycles. The molecule has 0 radical (unpaired) electrons. The molecule has 0 aliphatic rings. The Morgan fingerprint density at radius 3 is 2.46 bits per heavy atom. The molecule has 1 rings (SSSR count). The van der Waals surface area contributed by atoms with Crippen molar-refractivity contribution in [1.29, 1.82) is 0 Å². The highest BCUT2D eigenvalue weighted by atomic mass is 35.5. The number of halogens is 2. The summed E-state index contributed by atoms with van der Waals surface area (Å²) in [5.41, 5.74) is 0.892. The van der Waals surface area contributed by atoms with Crippen LogP contribution in [0.3, 0.4) is 0 Å². The summed E-state index contributed by atoms with van der Waals surface area (Å²) < 4.78 is 4.80. The van der Waals surface area contributed by atoms with Crippen LogP contribution in [0.25, 0.3) is 0 Å². The van der Waals surface area contributed by atoms with E-state index in [1.165, 1.54) is 0 Å². The Morgan fingerprint density at radius 1 is 1.31 bits per heavy atom. The van der Waals surface area contributed by atoms with Gasteiger partial charge in [-0.25, -0.2) is 0 Å².